The first-order valence-electron chi connectivity index (χ1n) is 4.37. The Bertz CT molecular complexity index is 192. The van der Waals surface area contributed by atoms with Crippen molar-refractivity contribution in [1.29, 1.82) is 0 Å². The van der Waals surface area contributed by atoms with Crippen LogP contribution >= 0.6 is 0 Å². The zero-order valence-corrected chi connectivity index (χ0v) is 8.35. The Morgan fingerprint density at radius 3 is 2.17 bits per heavy atom. The van der Waals surface area contributed by atoms with E-state index >= 15 is 0 Å². The van der Waals surface area contributed by atoms with Gasteiger partial charge in [-0.05, 0) is 38.3 Å². The molecule has 0 saturated carbocycles. The lowest BCUT2D eigenvalue weighted by Gasteiger charge is -2.11. The Labute approximate surface area is 74.3 Å². The van der Waals surface area contributed by atoms with Gasteiger partial charge in [0.2, 0.25) is 0 Å². The highest BCUT2D eigenvalue weighted by molar-refractivity contribution is 5.93. The third-order valence-electron chi connectivity index (χ3n) is 2.18. The Hall–Kier alpha value is -0.630. The smallest absolute Gasteiger partial charge is 0.155 e. The van der Waals surface area contributed by atoms with Gasteiger partial charge in [0.25, 0.3) is 0 Å². The van der Waals surface area contributed by atoms with E-state index in [0.29, 0.717) is 5.57 Å². The summed E-state index contributed by atoms with van der Waals surface area (Å²) in [4.78, 5) is 10.9. The molecule has 0 rings (SSSR count). The van der Waals surface area contributed by atoms with E-state index in [2.05, 4.69) is 0 Å². The van der Waals surface area contributed by atoms with Crippen molar-refractivity contribution >= 4 is 5.78 Å². The van der Waals surface area contributed by atoms with Crippen LogP contribution in [0.3, 0.4) is 0 Å². The van der Waals surface area contributed by atoms with Gasteiger partial charge in [0, 0.05) is 0 Å². The molecule has 0 aliphatic heterocycles. The molecule has 1 N–H and O–H groups in total. The normalized spacial score (nSPS) is 15.4. The van der Waals surface area contributed by atoms with E-state index in [4.69, 9.17) is 0 Å². The molecule has 0 aliphatic rings. The second-order valence-electron chi connectivity index (χ2n) is 3.17. The molecule has 1 unspecified atom stereocenters. The number of aliphatic hydroxyl groups excluding tert-OH is 1. The molecule has 0 radical (unpaired) electrons. The zero-order valence-electron chi connectivity index (χ0n) is 8.35. The summed E-state index contributed by atoms with van der Waals surface area (Å²) in [5.74, 6) is 0.0441. The highest BCUT2D eigenvalue weighted by Gasteiger charge is 2.10. The summed E-state index contributed by atoms with van der Waals surface area (Å²) < 4.78 is 0. The van der Waals surface area contributed by atoms with E-state index in [0.717, 1.165) is 18.4 Å². The van der Waals surface area contributed by atoms with Crippen LogP contribution in [0.15, 0.2) is 11.1 Å². The van der Waals surface area contributed by atoms with Gasteiger partial charge in [-0.15, -0.1) is 0 Å². The van der Waals surface area contributed by atoms with Crippen molar-refractivity contribution < 1.29 is 9.90 Å². The Morgan fingerprint density at radius 2 is 1.83 bits per heavy atom. The lowest BCUT2D eigenvalue weighted by Crippen LogP contribution is -2.11. The lowest BCUT2D eigenvalue weighted by atomic mass is 10.00. The molecule has 0 aromatic carbocycles. The largest absolute Gasteiger partial charge is 0.389 e. The predicted molar refractivity (Wildman–Crippen MR) is 50.0 cm³/mol. The second kappa shape index (κ2) is 5.09. The molecule has 2 heteroatoms. The predicted octanol–water partition coefficient (Wildman–Crippen LogP) is 2.07. The van der Waals surface area contributed by atoms with Gasteiger partial charge < -0.3 is 5.11 Å². The fourth-order valence-corrected chi connectivity index (χ4v) is 1.02. The van der Waals surface area contributed by atoms with Crippen molar-refractivity contribution in [2.45, 2.75) is 46.6 Å². The molecule has 0 aromatic heterocycles. The second-order valence-corrected chi connectivity index (χ2v) is 3.17. The summed E-state index contributed by atoms with van der Waals surface area (Å²) >= 11 is 0. The molecule has 0 saturated heterocycles. The number of carbonyl (C=O) groups is 1. The van der Waals surface area contributed by atoms with Gasteiger partial charge in [0.05, 0.1) is 6.10 Å². The highest BCUT2D eigenvalue weighted by atomic mass is 16.3. The van der Waals surface area contributed by atoms with Crippen molar-refractivity contribution in [3.8, 4) is 0 Å². The maximum atomic E-state index is 10.9. The lowest BCUT2D eigenvalue weighted by molar-refractivity contribution is -0.113. The molecule has 0 heterocycles. The van der Waals surface area contributed by atoms with Crippen LogP contribution in [0, 0.1) is 0 Å². The Balaban J connectivity index is 4.43. The summed E-state index contributed by atoms with van der Waals surface area (Å²) in [5.41, 5.74) is 1.50. The fourth-order valence-electron chi connectivity index (χ4n) is 1.02. The minimum absolute atomic E-state index is 0.0441. The number of ketones is 1. The van der Waals surface area contributed by atoms with Gasteiger partial charge in [-0.1, -0.05) is 13.3 Å². The molecule has 12 heavy (non-hydrogen) atoms. The van der Waals surface area contributed by atoms with Gasteiger partial charge in [0.1, 0.15) is 0 Å². The molecule has 0 bridgehead atoms. The molecular formula is C10H18O2. The Morgan fingerprint density at radius 1 is 1.33 bits per heavy atom. The van der Waals surface area contributed by atoms with Crippen LogP contribution in [0.4, 0.5) is 0 Å². The number of aliphatic hydroxyl groups is 1. The van der Waals surface area contributed by atoms with Gasteiger partial charge in [-0.25, -0.2) is 0 Å². The van der Waals surface area contributed by atoms with Gasteiger partial charge in [0.15, 0.2) is 5.78 Å². The van der Waals surface area contributed by atoms with E-state index in [1.54, 1.807) is 6.92 Å². The maximum absolute atomic E-state index is 10.9. The SMILES string of the molecule is CCCC(O)/C(C)=C(\C)C(C)=O. The fraction of sp³-hybridized carbons (Fsp3) is 0.700. The van der Waals surface area contributed by atoms with E-state index in [9.17, 15) is 9.90 Å². The van der Waals surface area contributed by atoms with E-state index in [1.807, 2.05) is 13.8 Å². The number of hydrogen-bond acceptors (Lipinski definition) is 2. The van der Waals surface area contributed by atoms with E-state index < -0.39 is 6.10 Å². The van der Waals surface area contributed by atoms with E-state index in [-0.39, 0.29) is 5.78 Å². The highest BCUT2D eigenvalue weighted by Crippen LogP contribution is 2.13. The molecule has 2 nitrogen and oxygen atoms in total. The van der Waals surface area contributed by atoms with Crippen molar-refractivity contribution in [1.82, 2.24) is 0 Å². The first-order valence-corrected chi connectivity index (χ1v) is 4.37. The van der Waals surface area contributed by atoms with Gasteiger partial charge >= 0.3 is 0 Å². The maximum Gasteiger partial charge on any atom is 0.155 e. The third-order valence-corrected chi connectivity index (χ3v) is 2.18. The van der Waals surface area contributed by atoms with Crippen LogP contribution < -0.4 is 0 Å². The average Bonchev–Trinajstić information content (AvgIpc) is 2.02. The van der Waals surface area contributed by atoms with Crippen molar-refractivity contribution in [3.63, 3.8) is 0 Å². The van der Waals surface area contributed by atoms with Gasteiger partial charge in [-0.3, -0.25) is 4.79 Å². The third kappa shape index (κ3) is 3.18. The van der Waals surface area contributed by atoms with Crippen LogP contribution in [0.2, 0.25) is 0 Å². The Kier molecular flexibility index (Phi) is 4.83. The molecule has 0 aliphatic carbocycles. The summed E-state index contributed by atoms with van der Waals surface area (Å²) in [7, 11) is 0. The number of Topliss-reactive ketones (excluding diaryl/α,β-unsaturated/α-hetero) is 1. The summed E-state index contributed by atoms with van der Waals surface area (Å²) in [5, 5.41) is 9.53. The van der Waals surface area contributed by atoms with Crippen LogP contribution in [0.25, 0.3) is 0 Å². The van der Waals surface area contributed by atoms with Crippen LogP contribution in [-0.2, 0) is 4.79 Å². The first-order chi connectivity index (χ1) is 5.50. The molecular weight excluding hydrogens is 152 g/mol. The molecule has 0 fully saturated rings. The topological polar surface area (TPSA) is 37.3 Å². The molecule has 0 amide bonds. The molecule has 1 atom stereocenters. The quantitative estimate of drug-likeness (QED) is 0.656. The summed E-state index contributed by atoms with van der Waals surface area (Å²) in [6.07, 6.45) is 1.22. The van der Waals surface area contributed by atoms with Crippen molar-refractivity contribution in [2.75, 3.05) is 0 Å². The van der Waals surface area contributed by atoms with Crippen LogP contribution in [-0.4, -0.2) is 17.0 Å². The number of allylic oxidation sites excluding steroid dienone is 1. The average molecular weight is 170 g/mol. The van der Waals surface area contributed by atoms with Gasteiger partial charge in [-0.2, -0.15) is 0 Å². The summed E-state index contributed by atoms with van der Waals surface area (Å²) in [6.45, 7) is 7.12. The first kappa shape index (κ1) is 11.4. The van der Waals surface area contributed by atoms with Crippen molar-refractivity contribution in [3.05, 3.63) is 11.1 Å². The number of hydrogen-bond donors (Lipinski definition) is 1. The number of rotatable bonds is 4. The van der Waals surface area contributed by atoms with E-state index in [1.165, 1.54) is 6.92 Å². The summed E-state index contributed by atoms with van der Waals surface area (Å²) in [6, 6.07) is 0. The minimum Gasteiger partial charge on any atom is -0.389 e. The van der Waals surface area contributed by atoms with Crippen molar-refractivity contribution in [2.24, 2.45) is 0 Å². The minimum atomic E-state index is -0.445. The number of carbonyl (C=O) groups excluding carboxylic acids is 1. The molecule has 70 valence electrons. The molecule has 0 aromatic rings. The zero-order chi connectivity index (χ0) is 9.72. The van der Waals surface area contributed by atoms with Crippen LogP contribution in [0.5, 0.6) is 0 Å². The van der Waals surface area contributed by atoms with Crippen LogP contribution in [0.1, 0.15) is 40.5 Å². The monoisotopic (exact) mass is 170 g/mol. The standard InChI is InChI=1S/C10H18O2/c1-5-6-10(12)8(3)7(2)9(4)11/h10,12H,5-6H2,1-4H3/b8-7+. The molecule has 0 spiro atoms.